The number of rotatable bonds is 10. The van der Waals surface area contributed by atoms with Crippen molar-refractivity contribution in [3.8, 4) is 0 Å². The van der Waals surface area contributed by atoms with E-state index in [4.69, 9.17) is 17.2 Å². The molecule has 30 heavy (non-hydrogen) atoms. The smallest absolute Gasteiger partial charge is 0.243 e. The molecule has 1 aliphatic rings. The number of carbonyl (C=O) groups is 2. The molecule has 9 heteroatoms. The van der Waals surface area contributed by atoms with Crippen LogP contribution >= 0.6 is 0 Å². The summed E-state index contributed by atoms with van der Waals surface area (Å²) >= 11 is 0. The molecule has 0 aromatic heterocycles. The van der Waals surface area contributed by atoms with Crippen LogP contribution in [0.1, 0.15) is 38.2 Å². The SMILES string of the molecule is CC(O)[C@H](CCCN=C(N)N)NC(=O)[C@@H]1CCCN1C(=O)[C@H](N)Cc1ccccc1. The Morgan fingerprint density at radius 1 is 1.30 bits per heavy atom. The lowest BCUT2D eigenvalue weighted by Crippen LogP contribution is -2.54. The average Bonchev–Trinajstić information content (AvgIpc) is 3.19. The molecule has 8 N–H and O–H groups in total. The maximum Gasteiger partial charge on any atom is 0.243 e. The standard InChI is InChI=1S/C21H34N6O3/c1-14(28)17(9-5-11-25-21(23)24)26-19(29)18-10-6-12-27(18)20(30)16(22)13-15-7-3-2-4-8-15/h2-4,7-8,14,16-18,28H,5-6,9-13,22H2,1H3,(H,26,29)(H4,23,24,25)/t14?,16-,17+,18+/m1/s1. The number of hydrogen-bond donors (Lipinski definition) is 5. The zero-order valence-corrected chi connectivity index (χ0v) is 17.5. The number of aliphatic hydroxyl groups excluding tert-OH is 1. The lowest BCUT2D eigenvalue weighted by molar-refractivity contribution is -0.140. The summed E-state index contributed by atoms with van der Waals surface area (Å²) in [6.45, 7) is 2.55. The van der Waals surface area contributed by atoms with Gasteiger partial charge in [0.05, 0.1) is 18.2 Å². The van der Waals surface area contributed by atoms with Gasteiger partial charge in [-0.1, -0.05) is 30.3 Å². The normalized spacial score (nSPS) is 19.0. The third kappa shape index (κ3) is 7.00. The van der Waals surface area contributed by atoms with E-state index in [1.807, 2.05) is 30.3 Å². The van der Waals surface area contributed by atoms with Crippen LogP contribution in [-0.2, 0) is 16.0 Å². The van der Waals surface area contributed by atoms with E-state index in [9.17, 15) is 14.7 Å². The maximum absolute atomic E-state index is 12.9. The molecule has 166 valence electrons. The van der Waals surface area contributed by atoms with Gasteiger partial charge >= 0.3 is 0 Å². The van der Waals surface area contributed by atoms with Crippen molar-refractivity contribution in [2.75, 3.05) is 13.1 Å². The van der Waals surface area contributed by atoms with Gasteiger partial charge in [0.2, 0.25) is 11.8 Å². The van der Waals surface area contributed by atoms with Crippen LogP contribution in [-0.4, -0.2) is 65.1 Å². The molecule has 2 rings (SSSR count). The number of aliphatic hydroxyl groups is 1. The third-order valence-electron chi connectivity index (χ3n) is 5.33. The van der Waals surface area contributed by atoms with E-state index in [2.05, 4.69) is 10.3 Å². The summed E-state index contributed by atoms with van der Waals surface area (Å²) in [6, 6.07) is 7.86. The van der Waals surface area contributed by atoms with Crippen LogP contribution in [0, 0.1) is 0 Å². The van der Waals surface area contributed by atoms with Gasteiger partial charge in [-0.2, -0.15) is 0 Å². The molecule has 0 bridgehead atoms. The quantitative estimate of drug-likeness (QED) is 0.195. The predicted molar refractivity (Wildman–Crippen MR) is 116 cm³/mol. The third-order valence-corrected chi connectivity index (χ3v) is 5.33. The Labute approximate surface area is 177 Å². The van der Waals surface area contributed by atoms with Gasteiger partial charge in [-0.3, -0.25) is 14.6 Å². The van der Waals surface area contributed by atoms with E-state index in [1.165, 1.54) is 0 Å². The Kier molecular flexibility index (Phi) is 9.07. The second-order valence-electron chi connectivity index (χ2n) is 7.79. The van der Waals surface area contributed by atoms with Crippen LogP contribution in [0.5, 0.6) is 0 Å². The Morgan fingerprint density at radius 2 is 2.00 bits per heavy atom. The lowest BCUT2D eigenvalue weighted by Gasteiger charge is -2.29. The number of carbonyl (C=O) groups excluding carboxylic acids is 2. The summed E-state index contributed by atoms with van der Waals surface area (Å²) in [7, 11) is 0. The second kappa shape index (κ2) is 11.5. The van der Waals surface area contributed by atoms with Crippen molar-refractivity contribution in [2.24, 2.45) is 22.2 Å². The number of amides is 2. The largest absolute Gasteiger partial charge is 0.391 e. The van der Waals surface area contributed by atoms with Crippen LogP contribution in [0.4, 0.5) is 0 Å². The van der Waals surface area contributed by atoms with Crippen molar-refractivity contribution in [2.45, 2.75) is 63.3 Å². The van der Waals surface area contributed by atoms with E-state index < -0.39 is 24.2 Å². The minimum atomic E-state index is -0.737. The van der Waals surface area contributed by atoms with Crippen LogP contribution in [0.25, 0.3) is 0 Å². The monoisotopic (exact) mass is 418 g/mol. The number of likely N-dealkylation sites (tertiary alicyclic amines) is 1. The fourth-order valence-electron chi connectivity index (χ4n) is 3.70. The van der Waals surface area contributed by atoms with E-state index in [0.29, 0.717) is 38.8 Å². The summed E-state index contributed by atoms with van der Waals surface area (Å²) in [5, 5.41) is 12.9. The highest BCUT2D eigenvalue weighted by atomic mass is 16.3. The van der Waals surface area contributed by atoms with Gasteiger partial charge in [0.1, 0.15) is 6.04 Å². The molecular formula is C21H34N6O3. The van der Waals surface area contributed by atoms with Crippen molar-refractivity contribution in [3.63, 3.8) is 0 Å². The molecular weight excluding hydrogens is 384 g/mol. The first-order chi connectivity index (χ1) is 14.3. The summed E-state index contributed by atoms with van der Waals surface area (Å²) in [5.74, 6) is -0.474. The average molecular weight is 419 g/mol. The predicted octanol–water partition coefficient (Wildman–Crippen LogP) is -0.533. The zero-order chi connectivity index (χ0) is 22.1. The number of nitrogens with one attached hydrogen (secondary N) is 1. The Balaban J connectivity index is 1.94. The molecule has 1 fully saturated rings. The molecule has 1 aromatic carbocycles. The Hall–Kier alpha value is -2.65. The van der Waals surface area contributed by atoms with Crippen molar-refractivity contribution in [3.05, 3.63) is 35.9 Å². The van der Waals surface area contributed by atoms with E-state index in [-0.39, 0.29) is 17.8 Å². The van der Waals surface area contributed by atoms with Gasteiger partial charge in [0.15, 0.2) is 5.96 Å². The summed E-state index contributed by atoms with van der Waals surface area (Å²) in [4.78, 5) is 31.2. The molecule has 9 nitrogen and oxygen atoms in total. The van der Waals surface area contributed by atoms with Crippen LogP contribution in [0.2, 0.25) is 0 Å². The number of guanidine groups is 1. The summed E-state index contributed by atoms with van der Waals surface area (Å²) in [6.07, 6.45) is 2.14. The molecule has 1 heterocycles. The number of hydrogen-bond acceptors (Lipinski definition) is 5. The van der Waals surface area contributed by atoms with Gasteiger partial charge < -0.3 is 32.5 Å². The molecule has 1 unspecified atom stereocenters. The molecule has 0 radical (unpaired) electrons. The molecule has 0 spiro atoms. The topological polar surface area (TPSA) is 160 Å². The van der Waals surface area contributed by atoms with Crippen molar-refractivity contribution in [1.29, 1.82) is 0 Å². The first-order valence-corrected chi connectivity index (χ1v) is 10.4. The number of aliphatic imine (C=N–C) groups is 1. The lowest BCUT2D eigenvalue weighted by atomic mass is 10.0. The molecule has 4 atom stereocenters. The molecule has 2 amide bonds. The maximum atomic E-state index is 12.9. The molecule has 1 aromatic rings. The van der Waals surface area contributed by atoms with E-state index in [1.54, 1.807) is 11.8 Å². The Bertz CT molecular complexity index is 721. The van der Waals surface area contributed by atoms with Gasteiger partial charge in [0.25, 0.3) is 0 Å². The van der Waals surface area contributed by atoms with Gasteiger partial charge in [-0.25, -0.2) is 0 Å². The van der Waals surface area contributed by atoms with E-state index >= 15 is 0 Å². The van der Waals surface area contributed by atoms with Crippen molar-refractivity contribution in [1.82, 2.24) is 10.2 Å². The van der Waals surface area contributed by atoms with Gasteiger partial charge in [-0.05, 0) is 44.6 Å². The van der Waals surface area contributed by atoms with Crippen LogP contribution in [0.3, 0.4) is 0 Å². The minimum absolute atomic E-state index is 0.0135. The molecule has 0 aliphatic carbocycles. The molecule has 1 aliphatic heterocycles. The summed E-state index contributed by atoms with van der Waals surface area (Å²) < 4.78 is 0. The first kappa shape index (κ1) is 23.6. The minimum Gasteiger partial charge on any atom is -0.391 e. The van der Waals surface area contributed by atoms with Crippen molar-refractivity contribution < 1.29 is 14.7 Å². The molecule has 0 saturated carbocycles. The van der Waals surface area contributed by atoms with Crippen molar-refractivity contribution >= 4 is 17.8 Å². The molecule has 1 saturated heterocycles. The zero-order valence-electron chi connectivity index (χ0n) is 17.5. The highest BCUT2D eigenvalue weighted by molar-refractivity contribution is 5.90. The van der Waals surface area contributed by atoms with Gasteiger partial charge in [-0.15, -0.1) is 0 Å². The Morgan fingerprint density at radius 3 is 2.63 bits per heavy atom. The highest BCUT2D eigenvalue weighted by Crippen LogP contribution is 2.20. The highest BCUT2D eigenvalue weighted by Gasteiger charge is 2.37. The second-order valence-corrected chi connectivity index (χ2v) is 7.79. The summed E-state index contributed by atoms with van der Waals surface area (Å²) in [5.41, 5.74) is 17.8. The van der Waals surface area contributed by atoms with Gasteiger partial charge in [0, 0.05) is 13.1 Å². The fraction of sp³-hybridized carbons (Fsp3) is 0.571. The van der Waals surface area contributed by atoms with Crippen LogP contribution < -0.4 is 22.5 Å². The number of nitrogens with two attached hydrogens (primary N) is 3. The first-order valence-electron chi connectivity index (χ1n) is 10.4. The number of benzene rings is 1. The fourth-order valence-corrected chi connectivity index (χ4v) is 3.70. The number of nitrogens with zero attached hydrogens (tertiary/aromatic N) is 2. The van der Waals surface area contributed by atoms with E-state index in [0.717, 1.165) is 12.0 Å². The van der Waals surface area contributed by atoms with Crippen LogP contribution in [0.15, 0.2) is 35.3 Å².